The Morgan fingerprint density at radius 2 is 1.72 bits per heavy atom. The maximum absolute atomic E-state index is 14.1. The molecule has 0 unspecified atom stereocenters. The van der Waals surface area contributed by atoms with Gasteiger partial charge in [-0.05, 0) is 52.2 Å². The molecule has 1 aromatic carbocycles. The highest BCUT2D eigenvalue weighted by Gasteiger charge is 2.27. The number of nitrogens with zero attached hydrogens (tertiary/aromatic N) is 2. The van der Waals surface area contributed by atoms with Crippen LogP contribution in [0.3, 0.4) is 0 Å². The van der Waals surface area contributed by atoms with Crippen molar-refractivity contribution < 1.29 is 23.5 Å². The monoisotopic (exact) mass is 447 g/mol. The number of allylic oxidation sites excluding steroid dienone is 2. The first kappa shape index (κ1) is 25.4. The molecule has 0 atom stereocenters. The molecule has 7 nitrogen and oxygen atoms in total. The van der Waals surface area contributed by atoms with Crippen LogP contribution in [0.2, 0.25) is 0 Å². The van der Waals surface area contributed by atoms with Gasteiger partial charge < -0.3 is 19.9 Å². The summed E-state index contributed by atoms with van der Waals surface area (Å²) in [5.41, 5.74) is 0.606. The number of carbonyl (C=O) groups is 3. The van der Waals surface area contributed by atoms with Gasteiger partial charge in [0.1, 0.15) is 11.4 Å². The van der Waals surface area contributed by atoms with Crippen LogP contribution in [0.1, 0.15) is 62.9 Å². The zero-order chi connectivity index (χ0) is 23.9. The number of rotatable bonds is 6. The first-order valence-corrected chi connectivity index (χ1v) is 11.0. The van der Waals surface area contributed by atoms with E-state index in [2.05, 4.69) is 5.32 Å². The smallest absolute Gasteiger partial charge is 0.410 e. The molecule has 0 aliphatic carbocycles. The standard InChI is InChI=1S/C24H34FN3O4/c1-6-8-18(26-22(30)21-17(2)9-7-10-19(21)25)11-12-20(29)27-13-15-28(16-14-27)23(31)32-24(3,4)5/h7-10H,6,11-16H2,1-5H3,(H,26,30)/b18-8+. The van der Waals surface area contributed by atoms with Gasteiger partial charge in [0.15, 0.2) is 0 Å². The summed E-state index contributed by atoms with van der Waals surface area (Å²) in [6, 6.07) is 4.50. The maximum atomic E-state index is 14.1. The Hall–Kier alpha value is -2.90. The van der Waals surface area contributed by atoms with E-state index in [-0.39, 0.29) is 24.0 Å². The van der Waals surface area contributed by atoms with Gasteiger partial charge in [-0.3, -0.25) is 9.59 Å². The zero-order valence-corrected chi connectivity index (χ0v) is 19.7. The summed E-state index contributed by atoms with van der Waals surface area (Å²) < 4.78 is 19.5. The average molecular weight is 448 g/mol. The number of halogens is 1. The molecule has 0 spiro atoms. The fourth-order valence-corrected chi connectivity index (χ4v) is 3.45. The largest absolute Gasteiger partial charge is 0.444 e. The first-order chi connectivity index (χ1) is 15.0. The van der Waals surface area contributed by atoms with E-state index < -0.39 is 17.3 Å². The molecular weight excluding hydrogens is 413 g/mol. The van der Waals surface area contributed by atoms with Gasteiger partial charge in [-0.2, -0.15) is 0 Å². The zero-order valence-electron chi connectivity index (χ0n) is 19.7. The molecule has 2 rings (SSSR count). The second kappa shape index (κ2) is 11.1. The third-order valence-electron chi connectivity index (χ3n) is 5.07. The first-order valence-electron chi connectivity index (χ1n) is 11.0. The van der Waals surface area contributed by atoms with Gasteiger partial charge in [0.2, 0.25) is 5.91 Å². The van der Waals surface area contributed by atoms with E-state index in [4.69, 9.17) is 4.74 Å². The van der Waals surface area contributed by atoms with Crippen LogP contribution < -0.4 is 5.32 Å². The number of piperazine rings is 1. The Labute approximate surface area is 189 Å². The maximum Gasteiger partial charge on any atom is 0.410 e. The van der Waals surface area contributed by atoms with Crippen molar-refractivity contribution in [2.45, 2.75) is 59.5 Å². The van der Waals surface area contributed by atoms with Crippen LogP contribution in [0.5, 0.6) is 0 Å². The lowest BCUT2D eigenvalue weighted by molar-refractivity contribution is -0.132. The molecule has 1 saturated heterocycles. The quantitative estimate of drug-likeness (QED) is 0.715. The van der Waals surface area contributed by atoms with Gasteiger partial charge >= 0.3 is 6.09 Å². The summed E-state index contributed by atoms with van der Waals surface area (Å²) in [6.07, 6.45) is 2.70. The van der Waals surface area contributed by atoms with Gasteiger partial charge in [0.25, 0.3) is 5.91 Å². The summed E-state index contributed by atoms with van der Waals surface area (Å²) >= 11 is 0. The number of nitrogens with one attached hydrogen (secondary N) is 1. The molecule has 3 amide bonds. The van der Waals surface area contributed by atoms with Gasteiger partial charge in [0, 0.05) is 38.3 Å². The molecule has 0 saturated carbocycles. The number of carbonyl (C=O) groups excluding carboxylic acids is 3. The Bertz CT molecular complexity index is 848. The number of amides is 3. The van der Waals surface area contributed by atoms with Gasteiger partial charge in [-0.15, -0.1) is 0 Å². The van der Waals surface area contributed by atoms with Crippen molar-refractivity contribution in [1.29, 1.82) is 0 Å². The molecule has 1 N–H and O–H groups in total. The molecular formula is C24H34FN3O4. The molecule has 0 radical (unpaired) electrons. The molecule has 1 heterocycles. The average Bonchev–Trinajstić information content (AvgIpc) is 2.70. The van der Waals surface area contributed by atoms with E-state index in [0.29, 0.717) is 50.3 Å². The summed E-state index contributed by atoms with van der Waals surface area (Å²) in [5.74, 6) is -1.14. The van der Waals surface area contributed by atoms with E-state index in [9.17, 15) is 18.8 Å². The summed E-state index contributed by atoms with van der Waals surface area (Å²) in [6.45, 7) is 10.8. The minimum atomic E-state index is -0.572. The van der Waals surface area contributed by atoms with Crippen molar-refractivity contribution in [3.8, 4) is 0 Å². The molecule has 1 aliphatic heterocycles. The lowest BCUT2D eigenvalue weighted by atomic mass is 10.1. The highest BCUT2D eigenvalue weighted by atomic mass is 19.1. The van der Waals surface area contributed by atoms with E-state index in [1.54, 1.807) is 28.9 Å². The molecule has 1 aliphatic rings. The van der Waals surface area contributed by atoms with Crippen molar-refractivity contribution in [3.05, 3.63) is 46.9 Å². The Morgan fingerprint density at radius 3 is 2.28 bits per heavy atom. The van der Waals surface area contributed by atoms with Gasteiger partial charge in [-0.25, -0.2) is 9.18 Å². The number of benzene rings is 1. The van der Waals surface area contributed by atoms with Crippen LogP contribution in [0.25, 0.3) is 0 Å². The number of aryl methyl sites for hydroxylation is 1. The van der Waals surface area contributed by atoms with Crippen LogP contribution in [-0.2, 0) is 9.53 Å². The second-order valence-corrected chi connectivity index (χ2v) is 8.87. The molecule has 1 fully saturated rings. The third kappa shape index (κ3) is 7.35. The number of hydrogen-bond acceptors (Lipinski definition) is 4. The van der Waals surface area contributed by atoms with Gasteiger partial charge in [0.05, 0.1) is 5.56 Å². The highest BCUT2D eigenvalue weighted by Crippen LogP contribution is 2.16. The molecule has 8 heteroatoms. The predicted octanol–water partition coefficient (Wildman–Crippen LogP) is 4.02. The van der Waals surface area contributed by atoms with Crippen LogP contribution in [0.4, 0.5) is 9.18 Å². The van der Waals surface area contributed by atoms with Crippen LogP contribution >= 0.6 is 0 Å². The van der Waals surface area contributed by atoms with E-state index >= 15 is 0 Å². The van der Waals surface area contributed by atoms with Crippen LogP contribution in [0.15, 0.2) is 30.0 Å². The van der Waals surface area contributed by atoms with Crippen molar-refractivity contribution in [1.82, 2.24) is 15.1 Å². The lowest BCUT2D eigenvalue weighted by Crippen LogP contribution is -2.51. The Balaban J connectivity index is 1.88. The van der Waals surface area contributed by atoms with Crippen LogP contribution in [0, 0.1) is 12.7 Å². The topological polar surface area (TPSA) is 79.0 Å². The number of hydrogen-bond donors (Lipinski definition) is 1. The van der Waals surface area contributed by atoms with Crippen molar-refractivity contribution in [3.63, 3.8) is 0 Å². The fraction of sp³-hybridized carbons (Fsp3) is 0.542. The van der Waals surface area contributed by atoms with Gasteiger partial charge in [-0.1, -0.05) is 25.1 Å². The predicted molar refractivity (Wildman–Crippen MR) is 121 cm³/mol. The van der Waals surface area contributed by atoms with Crippen molar-refractivity contribution >= 4 is 17.9 Å². The molecule has 0 aromatic heterocycles. The molecule has 1 aromatic rings. The summed E-state index contributed by atoms with van der Waals surface area (Å²) in [5, 5.41) is 2.76. The van der Waals surface area contributed by atoms with Crippen molar-refractivity contribution in [2.75, 3.05) is 26.2 Å². The van der Waals surface area contributed by atoms with E-state index in [1.807, 2.05) is 33.8 Å². The van der Waals surface area contributed by atoms with Crippen molar-refractivity contribution in [2.24, 2.45) is 0 Å². The number of ether oxygens (including phenoxy) is 1. The lowest BCUT2D eigenvalue weighted by Gasteiger charge is -2.35. The second-order valence-electron chi connectivity index (χ2n) is 8.87. The minimum Gasteiger partial charge on any atom is -0.444 e. The summed E-state index contributed by atoms with van der Waals surface area (Å²) in [4.78, 5) is 40.7. The van der Waals surface area contributed by atoms with Crippen LogP contribution in [-0.4, -0.2) is 59.5 Å². The minimum absolute atomic E-state index is 0.0131. The Kier molecular flexibility index (Phi) is 8.80. The molecule has 0 bridgehead atoms. The summed E-state index contributed by atoms with van der Waals surface area (Å²) in [7, 11) is 0. The molecule has 176 valence electrons. The van der Waals surface area contributed by atoms with E-state index in [1.165, 1.54) is 6.07 Å². The Morgan fingerprint density at radius 1 is 1.09 bits per heavy atom. The molecule has 32 heavy (non-hydrogen) atoms. The normalized spacial score (nSPS) is 14.9. The SMILES string of the molecule is CC/C=C(\CCC(=O)N1CCN(C(=O)OC(C)(C)C)CC1)NC(=O)c1c(C)cccc1F. The third-order valence-corrected chi connectivity index (χ3v) is 5.07. The highest BCUT2D eigenvalue weighted by molar-refractivity contribution is 5.97. The van der Waals surface area contributed by atoms with E-state index in [0.717, 1.165) is 0 Å². The fourth-order valence-electron chi connectivity index (χ4n) is 3.45.